The van der Waals surface area contributed by atoms with Crippen LogP contribution in [0.1, 0.15) is 25.7 Å². The van der Waals surface area contributed by atoms with E-state index in [0.717, 1.165) is 19.3 Å². The number of amides is 1. The Balaban J connectivity index is 2.36. The standard InChI is InChI=1S/C7H12N2OS/c8-5(11)1-2-7(3-4-7)6(9)10/h1-4H2,(H2,8,11)(H2,9,10). The molecule has 11 heavy (non-hydrogen) atoms. The highest BCUT2D eigenvalue weighted by molar-refractivity contribution is 7.80. The maximum absolute atomic E-state index is 10.8. The Morgan fingerprint density at radius 2 is 2.00 bits per heavy atom. The van der Waals surface area contributed by atoms with Gasteiger partial charge >= 0.3 is 0 Å². The van der Waals surface area contributed by atoms with Gasteiger partial charge in [-0.15, -0.1) is 0 Å². The zero-order valence-electron chi connectivity index (χ0n) is 6.30. The van der Waals surface area contributed by atoms with Gasteiger partial charge in [0.05, 0.1) is 4.99 Å². The van der Waals surface area contributed by atoms with E-state index >= 15 is 0 Å². The van der Waals surface area contributed by atoms with E-state index in [2.05, 4.69) is 0 Å². The quantitative estimate of drug-likeness (QED) is 0.600. The number of hydrogen-bond acceptors (Lipinski definition) is 2. The summed E-state index contributed by atoms with van der Waals surface area (Å²) in [4.78, 5) is 11.3. The zero-order valence-corrected chi connectivity index (χ0v) is 7.12. The molecule has 4 N–H and O–H groups in total. The van der Waals surface area contributed by atoms with Crippen LogP contribution < -0.4 is 11.5 Å². The third kappa shape index (κ3) is 1.89. The van der Waals surface area contributed by atoms with E-state index in [4.69, 9.17) is 23.7 Å². The Morgan fingerprint density at radius 3 is 2.27 bits per heavy atom. The first kappa shape index (κ1) is 8.46. The maximum Gasteiger partial charge on any atom is 0.223 e. The molecule has 0 aromatic rings. The Bertz CT molecular complexity index is 199. The van der Waals surface area contributed by atoms with Gasteiger partial charge in [-0.25, -0.2) is 0 Å². The van der Waals surface area contributed by atoms with Gasteiger partial charge in [-0.3, -0.25) is 4.79 Å². The minimum Gasteiger partial charge on any atom is -0.393 e. The van der Waals surface area contributed by atoms with Crippen molar-refractivity contribution in [2.45, 2.75) is 25.7 Å². The maximum atomic E-state index is 10.8. The number of carbonyl (C=O) groups excluding carboxylic acids is 1. The second kappa shape index (κ2) is 2.77. The van der Waals surface area contributed by atoms with Crippen molar-refractivity contribution in [3.05, 3.63) is 0 Å². The molecule has 1 rings (SSSR count). The summed E-state index contributed by atoms with van der Waals surface area (Å²) in [6.45, 7) is 0. The molecule has 0 aromatic carbocycles. The number of nitrogens with two attached hydrogens (primary N) is 2. The van der Waals surface area contributed by atoms with Gasteiger partial charge in [-0.05, 0) is 25.7 Å². The fourth-order valence-electron chi connectivity index (χ4n) is 1.13. The lowest BCUT2D eigenvalue weighted by Crippen LogP contribution is -2.25. The third-order valence-electron chi connectivity index (χ3n) is 2.23. The highest BCUT2D eigenvalue weighted by atomic mass is 32.1. The lowest BCUT2D eigenvalue weighted by Gasteiger charge is -2.08. The van der Waals surface area contributed by atoms with Gasteiger partial charge in [0.25, 0.3) is 0 Å². The van der Waals surface area contributed by atoms with Gasteiger partial charge in [-0.2, -0.15) is 0 Å². The van der Waals surface area contributed by atoms with Crippen molar-refractivity contribution >= 4 is 23.1 Å². The number of rotatable bonds is 4. The molecule has 1 aliphatic carbocycles. The van der Waals surface area contributed by atoms with Crippen molar-refractivity contribution in [2.24, 2.45) is 16.9 Å². The molecule has 0 aliphatic heterocycles. The second-order valence-electron chi connectivity index (χ2n) is 3.11. The summed E-state index contributed by atoms with van der Waals surface area (Å²) in [6.07, 6.45) is 3.19. The third-order valence-corrected chi connectivity index (χ3v) is 2.43. The number of carbonyl (C=O) groups is 1. The van der Waals surface area contributed by atoms with Gasteiger partial charge in [0.2, 0.25) is 5.91 Å². The normalized spacial score (nSPS) is 19.3. The largest absolute Gasteiger partial charge is 0.393 e. The monoisotopic (exact) mass is 172 g/mol. The molecule has 0 unspecified atom stereocenters. The van der Waals surface area contributed by atoms with Crippen LogP contribution in [0.25, 0.3) is 0 Å². The summed E-state index contributed by atoms with van der Waals surface area (Å²) in [5, 5.41) is 0. The first-order chi connectivity index (χ1) is 5.07. The Kier molecular flexibility index (Phi) is 2.13. The molecule has 0 bridgehead atoms. The number of hydrogen-bond donors (Lipinski definition) is 2. The highest BCUT2D eigenvalue weighted by Gasteiger charge is 2.47. The summed E-state index contributed by atoms with van der Waals surface area (Å²) in [5.74, 6) is -0.200. The molecule has 0 radical (unpaired) electrons. The summed E-state index contributed by atoms with van der Waals surface area (Å²) in [6, 6.07) is 0. The van der Waals surface area contributed by atoms with Crippen LogP contribution in [-0.2, 0) is 4.79 Å². The molecule has 0 heterocycles. The molecule has 62 valence electrons. The Labute approximate surface area is 71.1 Å². The van der Waals surface area contributed by atoms with Crippen LogP contribution in [0.2, 0.25) is 0 Å². The number of thiocarbonyl (C=S) groups is 1. The average molecular weight is 172 g/mol. The minimum absolute atomic E-state index is 0.200. The molecule has 1 amide bonds. The van der Waals surface area contributed by atoms with E-state index in [1.165, 1.54) is 0 Å². The first-order valence-electron chi connectivity index (χ1n) is 3.65. The SMILES string of the molecule is NC(=O)C1(CCC(N)=S)CC1. The van der Waals surface area contributed by atoms with Crippen LogP contribution >= 0.6 is 12.2 Å². The van der Waals surface area contributed by atoms with Gasteiger partial charge in [0, 0.05) is 5.41 Å². The van der Waals surface area contributed by atoms with Gasteiger partial charge < -0.3 is 11.5 Å². The van der Waals surface area contributed by atoms with Crippen LogP contribution in [0.15, 0.2) is 0 Å². The molecule has 0 spiro atoms. The van der Waals surface area contributed by atoms with Gasteiger partial charge in [-0.1, -0.05) is 12.2 Å². The predicted octanol–water partition coefficient (Wildman–Crippen LogP) is 0.318. The van der Waals surface area contributed by atoms with E-state index in [1.54, 1.807) is 0 Å². The topological polar surface area (TPSA) is 69.1 Å². The summed E-state index contributed by atoms with van der Waals surface area (Å²) in [5.41, 5.74) is 10.3. The molecular formula is C7H12N2OS. The van der Waals surface area contributed by atoms with Crippen molar-refractivity contribution in [2.75, 3.05) is 0 Å². The van der Waals surface area contributed by atoms with E-state index in [0.29, 0.717) is 11.4 Å². The van der Waals surface area contributed by atoms with Crippen LogP contribution in [0.5, 0.6) is 0 Å². The molecule has 3 nitrogen and oxygen atoms in total. The summed E-state index contributed by atoms with van der Waals surface area (Å²) in [7, 11) is 0. The highest BCUT2D eigenvalue weighted by Crippen LogP contribution is 2.49. The first-order valence-corrected chi connectivity index (χ1v) is 4.06. The van der Waals surface area contributed by atoms with E-state index in [9.17, 15) is 4.79 Å². The van der Waals surface area contributed by atoms with Crippen molar-refractivity contribution in [1.29, 1.82) is 0 Å². The zero-order chi connectivity index (χ0) is 8.48. The fraction of sp³-hybridized carbons (Fsp3) is 0.714. The molecule has 0 saturated heterocycles. The molecular weight excluding hydrogens is 160 g/mol. The minimum atomic E-state index is -0.247. The second-order valence-corrected chi connectivity index (χ2v) is 3.64. The van der Waals surface area contributed by atoms with E-state index < -0.39 is 0 Å². The van der Waals surface area contributed by atoms with Crippen LogP contribution in [0.4, 0.5) is 0 Å². The average Bonchev–Trinajstić information content (AvgIpc) is 2.63. The lowest BCUT2D eigenvalue weighted by atomic mass is 10.00. The molecule has 1 fully saturated rings. The van der Waals surface area contributed by atoms with Crippen LogP contribution in [0, 0.1) is 5.41 Å². The summed E-state index contributed by atoms with van der Waals surface area (Å²) < 4.78 is 0. The van der Waals surface area contributed by atoms with Crippen molar-refractivity contribution in [3.8, 4) is 0 Å². The predicted molar refractivity (Wildman–Crippen MR) is 46.9 cm³/mol. The van der Waals surface area contributed by atoms with Crippen molar-refractivity contribution < 1.29 is 4.79 Å². The molecule has 0 atom stereocenters. The Hall–Kier alpha value is -0.640. The smallest absolute Gasteiger partial charge is 0.223 e. The summed E-state index contributed by atoms with van der Waals surface area (Å²) >= 11 is 4.70. The van der Waals surface area contributed by atoms with Gasteiger partial charge in [0.1, 0.15) is 0 Å². The van der Waals surface area contributed by atoms with E-state index in [1.807, 2.05) is 0 Å². The van der Waals surface area contributed by atoms with Crippen molar-refractivity contribution in [1.82, 2.24) is 0 Å². The lowest BCUT2D eigenvalue weighted by molar-refractivity contribution is -0.123. The molecule has 0 aromatic heterocycles. The molecule has 4 heteroatoms. The fourth-order valence-corrected chi connectivity index (χ4v) is 1.24. The molecule has 1 aliphatic rings. The van der Waals surface area contributed by atoms with Gasteiger partial charge in [0.15, 0.2) is 0 Å². The van der Waals surface area contributed by atoms with Crippen LogP contribution in [-0.4, -0.2) is 10.9 Å². The van der Waals surface area contributed by atoms with E-state index in [-0.39, 0.29) is 11.3 Å². The molecule has 1 saturated carbocycles. The Morgan fingerprint density at radius 1 is 1.45 bits per heavy atom. The van der Waals surface area contributed by atoms with Crippen molar-refractivity contribution in [3.63, 3.8) is 0 Å². The number of primary amides is 1. The van der Waals surface area contributed by atoms with Crippen LogP contribution in [0.3, 0.4) is 0 Å².